The molecule has 0 bridgehead atoms. The van der Waals surface area contributed by atoms with E-state index in [2.05, 4.69) is 195 Å². The van der Waals surface area contributed by atoms with Gasteiger partial charge in [0.2, 0.25) is 0 Å². The summed E-state index contributed by atoms with van der Waals surface area (Å²) < 4.78 is 0. The van der Waals surface area contributed by atoms with E-state index in [9.17, 15) is 0 Å². The predicted octanol–water partition coefficient (Wildman–Crippen LogP) is 11.9. The van der Waals surface area contributed by atoms with Gasteiger partial charge in [-0.05, 0) is 83.9 Å². The molecule has 0 atom stereocenters. The molecule has 8 aromatic carbocycles. The van der Waals surface area contributed by atoms with Gasteiger partial charge in [0.05, 0.1) is 11.2 Å². The molecule has 0 radical (unpaired) electrons. The molecule has 250 valence electrons. The van der Waals surface area contributed by atoms with Crippen LogP contribution in [0.4, 0.5) is 0 Å². The average molecular weight is 693 g/mol. The predicted molar refractivity (Wildman–Crippen MR) is 226 cm³/mol. The molecule has 0 N–H and O–H groups in total. The van der Waals surface area contributed by atoms with E-state index in [0.717, 1.165) is 44.7 Å². The van der Waals surface area contributed by atoms with Gasteiger partial charge in [-0.25, -0.2) is 9.97 Å². The van der Waals surface area contributed by atoms with Crippen LogP contribution in [0.1, 0.15) is 0 Å². The summed E-state index contributed by atoms with van der Waals surface area (Å²) in [4.78, 5) is 10.9. The van der Waals surface area contributed by atoms with Gasteiger partial charge >= 0.3 is 0 Å². The van der Waals surface area contributed by atoms with Crippen molar-refractivity contribution in [1.29, 1.82) is 0 Å². The van der Waals surface area contributed by atoms with E-state index in [0.29, 0.717) is 0 Å². The maximum absolute atomic E-state index is 5.50. The van der Waals surface area contributed by atoms with Crippen molar-refractivity contribution in [2.24, 2.45) is 0 Å². The number of fused-ring (bicyclic) bond motifs is 6. The Morgan fingerprint density at radius 2 is 0.943 bits per heavy atom. The van der Waals surface area contributed by atoms with E-state index in [1.54, 1.807) is 0 Å². The van der Waals surface area contributed by atoms with Crippen LogP contribution in [0.15, 0.2) is 182 Å². The molecule has 10 rings (SSSR count). The van der Waals surface area contributed by atoms with Crippen molar-refractivity contribution in [3.05, 3.63) is 182 Å². The van der Waals surface area contributed by atoms with Crippen LogP contribution in [0.2, 0.25) is 13.1 Å². The van der Waals surface area contributed by atoms with Crippen LogP contribution in [0.5, 0.6) is 0 Å². The van der Waals surface area contributed by atoms with Crippen LogP contribution < -0.4 is 10.4 Å². The van der Waals surface area contributed by atoms with E-state index in [1.807, 2.05) is 0 Å². The fourth-order valence-electron chi connectivity index (χ4n) is 8.34. The van der Waals surface area contributed by atoms with Gasteiger partial charge in [0.25, 0.3) is 0 Å². The molecule has 53 heavy (non-hydrogen) atoms. The molecule has 0 spiro atoms. The zero-order chi connectivity index (χ0) is 35.5. The highest BCUT2D eigenvalue weighted by atomic mass is 28.3. The molecular weight excluding hydrogens is 657 g/mol. The Labute approximate surface area is 311 Å². The minimum absolute atomic E-state index is 0.754. The first-order valence-electron chi connectivity index (χ1n) is 18.3. The van der Waals surface area contributed by atoms with Crippen molar-refractivity contribution in [2.75, 3.05) is 0 Å². The molecular formula is C50H36N2Si. The summed E-state index contributed by atoms with van der Waals surface area (Å²) in [6, 6.07) is 65.7. The van der Waals surface area contributed by atoms with Crippen LogP contribution in [-0.2, 0) is 0 Å². The van der Waals surface area contributed by atoms with Gasteiger partial charge in [-0.15, -0.1) is 0 Å². The molecule has 2 heterocycles. The van der Waals surface area contributed by atoms with Crippen LogP contribution in [0.25, 0.3) is 88.8 Å². The lowest BCUT2D eigenvalue weighted by Gasteiger charge is -2.21. The number of nitrogens with zero attached hydrogens (tertiary/aromatic N) is 2. The molecule has 1 aliphatic heterocycles. The second kappa shape index (κ2) is 12.4. The molecule has 0 saturated heterocycles. The molecule has 0 amide bonds. The minimum atomic E-state index is -2.05. The minimum Gasteiger partial charge on any atom is -0.228 e. The standard InChI is InChI=1S/C50H36N2Si/c1-53(2)46-21-9-8-20-43(46)44-28-29-45-47(41-27-26-34-14-6-7-15-37(34)31-41)51-50(52-48(45)49(44)53)42-19-11-18-40(32-42)39-17-10-16-38(30-39)36-24-22-35(23-25-36)33-12-4-3-5-13-33/h3-32H,1-2H3. The summed E-state index contributed by atoms with van der Waals surface area (Å²) in [7, 11) is -2.05. The van der Waals surface area contributed by atoms with Crippen LogP contribution in [0, 0.1) is 0 Å². The molecule has 1 aliphatic rings. The number of benzene rings is 8. The third-order valence-corrected chi connectivity index (χ3v) is 14.6. The lowest BCUT2D eigenvalue weighted by Crippen LogP contribution is -2.49. The normalized spacial score (nSPS) is 12.9. The van der Waals surface area contributed by atoms with Crippen molar-refractivity contribution in [2.45, 2.75) is 13.1 Å². The van der Waals surface area contributed by atoms with Gasteiger partial charge in [0, 0.05) is 16.5 Å². The number of hydrogen-bond donors (Lipinski definition) is 0. The summed E-state index contributed by atoms with van der Waals surface area (Å²) in [5.74, 6) is 0.754. The van der Waals surface area contributed by atoms with Crippen molar-refractivity contribution >= 4 is 40.1 Å². The largest absolute Gasteiger partial charge is 0.228 e. The summed E-state index contributed by atoms with van der Waals surface area (Å²) >= 11 is 0. The summed E-state index contributed by atoms with van der Waals surface area (Å²) in [6.45, 7) is 4.94. The van der Waals surface area contributed by atoms with Gasteiger partial charge in [0.1, 0.15) is 8.07 Å². The van der Waals surface area contributed by atoms with Crippen LogP contribution >= 0.6 is 0 Å². The SMILES string of the molecule is C[Si]1(C)c2ccccc2-c2ccc3c(-c4ccc5ccccc5c4)nc(-c4cccc(-c5cccc(-c6ccc(-c7ccccc7)cc6)c5)c4)nc3c21. The molecule has 0 fully saturated rings. The maximum atomic E-state index is 5.50. The van der Waals surface area contributed by atoms with Crippen molar-refractivity contribution < 1.29 is 0 Å². The van der Waals surface area contributed by atoms with Gasteiger partial charge < -0.3 is 0 Å². The van der Waals surface area contributed by atoms with Gasteiger partial charge in [-0.3, -0.25) is 0 Å². The Morgan fingerprint density at radius 1 is 0.377 bits per heavy atom. The number of aromatic nitrogens is 2. The Balaban J connectivity index is 1.11. The highest BCUT2D eigenvalue weighted by Gasteiger charge is 2.39. The van der Waals surface area contributed by atoms with E-state index < -0.39 is 8.07 Å². The quantitative estimate of drug-likeness (QED) is 0.168. The second-order valence-corrected chi connectivity index (χ2v) is 18.9. The van der Waals surface area contributed by atoms with Gasteiger partial charge in [-0.1, -0.05) is 177 Å². The first-order chi connectivity index (χ1) is 26.0. The summed E-state index contributed by atoms with van der Waals surface area (Å²) in [6.07, 6.45) is 0. The molecule has 0 aliphatic carbocycles. The fraction of sp³-hybridized carbons (Fsp3) is 0.0400. The van der Waals surface area contributed by atoms with Crippen molar-refractivity contribution in [3.63, 3.8) is 0 Å². The fourth-order valence-corrected chi connectivity index (χ4v) is 11.7. The molecule has 3 heteroatoms. The monoisotopic (exact) mass is 692 g/mol. The molecule has 0 unspecified atom stereocenters. The Hall–Kier alpha value is -6.42. The second-order valence-electron chi connectivity index (χ2n) is 14.6. The lowest BCUT2D eigenvalue weighted by molar-refractivity contribution is 1.23. The highest BCUT2D eigenvalue weighted by Crippen LogP contribution is 2.37. The Bertz CT molecular complexity index is 2860. The van der Waals surface area contributed by atoms with E-state index in [4.69, 9.17) is 9.97 Å². The average Bonchev–Trinajstić information content (AvgIpc) is 3.47. The Kier molecular flexibility index (Phi) is 7.31. The van der Waals surface area contributed by atoms with Gasteiger partial charge in [0.15, 0.2) is 5.82 Å². The molecule has 1 aromatic heterocycles. The van der Waals surface area contributed by atoms with Crippen molar-refractivity contribution in [1.82, 2.24) is 9.97 Å². The van der Waals surface area contributed by atoms with Crippen molar-refractivity contribution in [3.8, 4) is 67.2 Å². The van der Waals surface area contributed by atoms with E-state index in [1.165, 1.54) is 54.5 Å². The third-order valence-electron chi connectivity index (χ3n) is 11.0. The first-order valence-corrected chi connectivity index (χ1v) is 21.3. The summed E-state index contributed by atoms with van der Waals surface area (Å²) in [5, 5.41) is 6.42. The number of hydrogen-bond acceptors (Lipinski definition) is 2. The molecule has 9 aromatic rings. The van der Waals surface area contributed by atoms with Crippen LogP contribution in [0.3, 0.4) is 0 Å². The first kappa shape index (κ1) is 31.3. The van der Waals surface area contributed by atoms with E-state index in [-0.39, 0.29) is 0 Å². The number of rotatable bonds is 5. The maximum Gasteiger partial charge on any atom is 0.160 e. The van der Waals surface area contributed by atoms with Crippen LogP contribution in [-0.4, -0.2) is 18.0 Å². The molecule has 2 nitrogen and oxygen atoms in total. The third kappa shape index (κ3) is 5.32. The topological polar surface area (TPSA) is 25.8 Å². The Morgan fingerprint density at radius 3 is 1.72 bits per heavy atom. The zero-order valence-electron chi connectivity index (χ0n) is 29.7. The van der Waals surface area contributed by atoms with Gasteiger partial charge in [-0.2, -0.15) is 0 Å². The molecule has 0 saturated carbocycles. The summed E-state index contributed by atoms with van der Waals surface area (Å²) in [5.41, 5.74) is 14.0. The lowest BCUT2D eigenvalue weighted by atomic mass is 9.96. The zero-order valence-corrected chi connectivity index (χ0v) is 30.7. The van der Waals surface area contributed by atoms with E-state index >= 15 is 0 Å². The highest BCUT2D eigenvalue weighted by molar-refractivity contribution is 7.05. The smallest absolute Gasteiger partial charge is 0.160 e.